The van der Waals surface area contributed by atoms with E-state index in [0.717, 1.165) is 19.3 Å². The summed E-state index contributed by atoms with van der Waals surface area (Å²) in [5, 5.41) is 0. The molecule has 0 radical (unpaired) electrons. The van der Waals surface area contributed by atoms with Crippen LogP contribution >= 0.6 is 7.82 Å². The molecule has 0 spiro atoms. The Labute approximate surface area is 137 Å². The minimum Gasteiger partial charge on any atom is -0.756 e. The van der Waals surface area contributed by atoms with Crippen molar-refractivity contribution >= 4 is 7.82 Å². The van der Waals surface area contributed by atoms with Crippen LogP contribution in [0.1, 0.15) is 65.2 Å². The van der Waals surface area contributed by atoms with Crippen LogP contribution in [0.5, 0.6) is 0 Å². The first kappa shape index (κ1) is 22.1. The fourth-order valence-electron chi connectivity index (χ4n) is 2.12. The molecule has 22 heavy (non-hydrogen) atoms. The molecule has 134 valence electrons. The third-order valence-corrected chi connectivity index (χ3v) is 4.65. The Morgan fingerprint density at radius 3 is 2.14 bits per heavy atom. The topological polar surface area (TPSA) is 58.6 Å². The van der Waals surface area contributed by atoms with Gasteiger partial charge in [0, 0.05) is 0 Å². The van der Waals surface area contributed by atoms with Gasteiger partial charge in [0.2, 0.25) is 0 Å². The fourth-order valence-corrected chi connectivity index (χ4v) is 3.03. The molecular weight excluding hydrogens is 301 g/mol. The number of likely N-dealkylation sites (N-methyl/N-ethyl adjacent to an activating group) is 1. The first-order valence-corrected chi connectivity index (χ1v) is 10.1. The molecule has 0 aromatic carbocycles. The fraction of sp³-hybridized carbons (Fsp3) is 1.00. The average molecular weight is 337 g/mol. The molecule has 5 nitrogen and oxygen atoms in total. The van der Waals surface area contributed by atoms with E-state index >= 15 is 0 Å². The molecule has 0 fully saturated rings. The molecule has 0 aromatic rings. The van der Waals surface area contributed by atoms with Gasteiger partial charge in [0.15, 0.2) is 0 Å². The second kappa shape index (κ2) is 11.6. The monoisotopic (exact) mass is 337 g/mol. The second-order valence-corrected chi connectivity index (χ2v) is 8.48. The summed E-state index contributed by atoms with van der Waals surface area (Å²) >= 11 is 0. The highest BCUT2D eigenvalue weighted by Crippen LogP contribution is 2.40. The Kier molecular flexibility index (Phi) is 11.6. The molecule has 0 heterocycles. The molecule has 0 aliphatic carbocycles. The van der Waals surface area contributed by atoms with Crippen molar-refractivity contribution in [3.05, 3.63) is 0 Å². The summed E-state index contributed by atoms with van der Waals surface area (Å²) in [5.41, 5.74) is 0. The molecule has 0 N–H and O–H groups in total. The number of phosphoric ester groups is 1. The first-order valence-electron chi connectivity index (χ1n) is 8.61. The first-order chi connectivity index (χ1) is 10.2. The van der Waals surface area contributed by atoms with Gasteiger partial charge in [-0.3, -0.25) is 4.57 Å². The quantitative estimate of drug-likeness (QED) is 0.275. The number of unbranched alkanes of at least 4 members (excludes halogenated alkanes) is 6. The van der Waals surface area contributed by atoms with Crippen LogP contribution in [0.25, 0.3) is 0 Å². The van der Waals surface area contributed by atoms with Crippen molar-refractivity contribution in [3.63, 3.8) is 0 Å². The zero-order chi connectivity index (χ0) is 17.1. The highest BCUT2D eigenvalue weighted by molar-refractivity contribution is 7.45. The van der Waals surface area contributed by atoms with E-state index < -0.39 is 7.82 Å². The van der Waals surface area contributed by atoms with Crippen LogP contribution in [-0.2, 0) is 13.6 Å². The maximum Gasteiger partial charge on any atom is 0.268 e. The van der Waals surface area contributed by atoms with E-state index in [2.05, 4.69) is 6.92 Å². The summed E-state index contributed by atoms with van der Waals surface area (Å²) in [6.07, 6.45) is 8.98. The summed E-state index contributed by atoms with van der Waals surface area (Å²) in [6.45, 7) is 4.80. The zero-order valence-electron chi connectivity index (χ0n) is 15.2. The molecular formula is C16H36NO4P. The number of rotatable bonds is 14. The molecule has 0 bridgehead atoms. The van der Waals surface area contributed by atoms with Crippen LogP contribution < -0.4 is 4.89 Å². The maximum atomic E-state index is 11.7. The van der Waals surface area contributed by atoms with Crippen molar-refractivity contribution in [2.75, 3.05) is 34.3 Å². The minimum atomic E-state index is -4.17. The van der Waals surface area contributed by atoms with Gasteiger partial charge < -0.3 is 18.4 Å². The molecule has 0 rings (SSSR count). The molecule has 0 amide bonds. The van der Waals surface area contributed by atoms with E-state index in [1.807, 2.05) is 21.1 Å². The van der Waals surface area contributed by atoms with Gasteiger partial charge in [-0.25, -0.2) is 0 Å². The van der Waals surface area contributed by atoms with Gasteiger partial charge in [0.05, 0.1) is 27.2 Å². The van der Waals surface area contributed by atoms with Crippen LogP contribution in [0.2, 0.25) is 0 Å². The van der Waals surface area contributed by atoms with Crippen molar-refractivity contribution in [3.8, 4) is 0 Å². The summed E-state index contributed by atoms with van der Waals surface area (Å²) in [4.78, 5) is 11.7. The van der Waals surface area contributed by atoms with Crippen LogP contribution in [0.15, 0.2) is 0 Å². The summed E-state index contributed by atoms with van der Waals surface area (Å²) in [6, 6.07) is 0. The van der Waals surface area contributed by atoms with Gasteiger partial charge in [0.1, 0.15) is 13.2 Å². The van der Waals surface area contributed by atoms with E-state index in [4.69, 9.17) is 9.05 Å². The summed E-state index contributed by atoms with van der Waals surface area (Å²) in [7, 11) is 1.80. The average Bonchev–Trinajstić information content (AvgIpc) is 2.35. The van der Waals surface area contributed by atoms with Gasteiger partial charge in [-0.1, -0.05) is 51.9 Å². The van der Waals surface area contributed by atoms with Gasteiger partial charge in [0.25, 0.3) is 7.82 Å². The molecule has 0 aromatic heterocycles. The number of hydrogen-bond acceptors (Lipinski definition) is 4. The molecule has 0 saturated heterocycles. The Hall–Kier alpha value is 0.0700. The second-order valence-electron chi connectivity index (χ2n) is 7.12. The standard InChI is InChI=1S/C16H36NO4P/c1-6-7-8-9-10-11-12-13-16(2)21-22(18,19)20-15-14-17(3,4)5/h16H,6-15H2,1-5H3. The molecule has 6 heteroatoms. The normalized spacial score (nSPS) is 16.5. The number of nitrogens with zero attached hydrogens (tertiary/aromatic N) is 1. The van der Waals surface area contributed by atoms with Gasteiger partial charge in [-0.2, -0.15) is 0 Å². The molecule has 2 atom stereocenters. The Balaban J connectivity index is 3.71. The Bertz CT molecular complexity index is 318. The summed E-state index contributed by atoms with van der Waals surface area (Å²) in [5.74, 6) is 0. The van der Waals surface area contributed by atoms with Crippen molar-refractivity contribution in [1.29, 1.82) is 0 Å². The number of hydrogen-bond donors (Lipinski definition) is 0. The Morgan fingerprint density at radius 2 is 1.59 bits per heavy atom. The van der Waals surface area contributed by atoms with E-state index in [9.17, 15) is 9.46 Å². The lowest BCUT2D eigenvalue weighted by Gasteiger charge is -2.29. The SMILES string of the molecule is CCCCCCCCCC(C)OP(=O)([O-])OCC[N+](C)(C)C. The van der Waals surface area contributed by atoms with Crippen LogP contribution in [0.3, 0.4) is 0 Å². The van der Waals surface area contributed by atoms with Crippen molar-refractivity contribution in [2.45, 2.75) is 71.3 Å². The predicted octanol–water partition coefficient (Wildman–Crippen LogP) is 3.72. The summed E-state index contributed by atoms with van der Waals surface area (Å²) < 4.78 is 22.3. The van der Waals surface area contributed by atoms with Gasteiger partial charge in [-0.15, -0.1) is 0 Å². The number of phosphoric acid groups is 1. The van der Waals surface area contributed by atoms with Crippen molar-refractivity contribution in [1.82, 2.24) is 0 Å². The lowest BCUT2D eigenvalue weighted by Crippen LogP contribution is -2.37. The van der Waals surface area contributed by atoms with Gasteiger partial charge >= 0.3 is 0 Å². The third kappa shape index (κ3) is 15.0. The zero-order valence-corrected chi connectivity index (χ0v) is 16.1. The van der Waals surface area contributed by atoms with Crippen LogP contribution in [-0.4, -0.2) is 44.9 Å². The lowest BCUT2D eigenvalue weighted by atomic mass is 10.1. The lowest BCUT2D eigenvalue weighted by molar-refractivity contribution is -0.870. The maximum absolute atomic E-state index is 11.7. The predicted molar refractivity (Wildman–Crippen MR) is 89.6 cm³/mol. The Morgan fingerprint density at radius 1 is 1.05 bits per heavy atom. The van der Waals surface area contributed by atoms with Crippen LogP contribution in [0, 0.1) is 0 Å². The highest BCUT2D eigenvalue weighted by Gasteiger charge is 2.16. The number of quaternary nitrogens is 1. The third-order valence-electron chi connectivity index (χ3n) is 3.53. The molecule has 0 saturated carbocycles. The van der Waals surface area contributed by atoms with E-state index in [-0.39, 0.29) is 12.7 Å². The molecule has 0 aliphatic heterocycles. The van der Waals surface area contributed by atoms with E-state index in [1.165, 1.54) is 32.1 Å². The van der Waals surface area contributed by atoms with E-state index in [1.54, 1.807) is 6.92 Å². The van der Waals surface area contributed by atoms with Crippen LogP contribution in [0.4, 0.5) is 0 Å². The van der Waals surface area contributed by atoms with Crippen molar-refractivity contribution < 1.29 is 23.0 Å². The van der Waals surface area contributed by atoms with E-state index in [0.29, 0.717) is 11.0 Å². The molecule has 0 aliphatic rings. The smallest absolute Gasteiger partial charge is 0.268 e. The van der Waals surface area contributed by atoms with Crippen molar-refractivity contribution in [2.24, 2.45) is 0 Å². The largest absolute Gasteiger partial charge is 0.756 e. The molecule has 2 unspecified atom stereocenters. The highest BCUT2D eigenvalue weighted by atomic mass is 31.2. The van der Waals surface area contributed by atoms with Gasteiger partial charge in [-0.05, 0) is 13.3 Å². The minimum absolute atomic E-state index is 0.161.